The largest absolute Gasteiger partial charge is 0.493 e. The number of nitrogens with zero attached hydrogens (tertiary/aromatic N) is 1. The molecule has 0 unspecified atom stereocenters. The lowest BCUT2D eigenvalue weighted by atomic mass is 10.1. The monoisotopic (exact) mass is 437 g/mol. The second-order valence-electron chi connectivity index (χ2n) is 6.60. The average molecular weight is 437 g/mol. The lowest BCUT2D eigenvalue weighted by Gasteiger charge is -2.29. The molecule has 1 aliphatic heterocycles. The second kappa shape index (κ2) is 10.2. The van der Waals surface area contributed by atoms with E-state index in [0.29, 0.717) is 37.6 Å². The minimum atomic E-state index is -3.05. The number of methoxy groups -OCH3 is 2. The van der Waals surface area contributed by atoms with Gasteiger partial charge in [0.25, 0.3) is 0 Å². The lowest BCUT2D eigenvalue weighted by Crippen LogP contribution is -2.36. The molecule has 1 aliphatic rings. The number of carbonyl (C=O) groups excluding carboxylic acids is 1. The van der Waals surface area contributed by atoms with Crippen molar-refractivity contribution in [1.82, 2.24) is 0 Å². The van der Waals surface area contributed by atoms with Gasteiger partial charge >= 0.3 is 6.61 Å². The number of allylic oxidation sites excluding steroid dienone is 1. The predicted molar refractivity (Wildman–Crippen MR) is 109 cm³/mol. The lowest BCUT2D eigenvalue weighted by molar-refractivity contribution is -0.0526. The van der Waals surface area contributed by atoms with E-state index >= 15 is 0 Å². The summed E-state index contributed by atoms with van der Waals surface area (Å²) in [7, 11) is 2.59. The Balaban J connectivity index is 1.79. The number of ketones is 1. The van der Waals surface area contributed by atoms with Crippen LogP contribution in [0.3, 0.4) is 0 Å². The number of hydrogen-bond acceptors (Lipinski definition) is 6. The molecule has 0 saturated carbocycles. The van der Waals surface area contributed by atoms with Gasteiger partial charge in [-0.2, -0.15) is 8.78 Å². The highest BCUT2D eigenvalue weighted by atomic mass is 19.3. The number of anilines is 1. The summed E-state index contributed by atoms with van der Waals surface area (Å²) in [5.41, 5.74) is 1.06. The summed E-state index contributed by atoms with van der Waals surface area (Å²) in [6, 6.07) is 7.17. The molecule has 166 valence electrons. The summed E-state index contributed by atoms with van der Waals surface area (Å²) in [5, 5.41) is 0. The molecule has 0 atom stereocenters. The molecule has 1 saturated heterocycles. The summed E-state index contributed by atoms with van der Waals surface area (Å²) in [6.07, 6.45) is 2.71. The molecule has 0 aliphatic carbocycles. The molecule has 0 aromatic heterocycles. The molecule has 9 heteroatoms. The van der Waals surface area contributed by atoms with Crippen molar-refractivity contribution in [3.63, 3.8) is 0 Å². The highest BCUT2D eigenvalue weighted by Gasteiger charge is 2.18. The molecule has 1 heterocycles. The van der Waals surface area contributed by atoms with Gasteiger partial charge in [-0.3, -0.25) is 4.79 Å². The van der Waals surface area contributed by atoms with E-state index in [1.165, 1.54) is 44.6 Å². The summed E-state index contributed by atoms with van der Waals surface area (Å²) in [4.78, 5) is 14.4. The van der Waals surface area contributed by atoms with Crippen LogP contribution in [0, 0.1) is 5.82 Å². The molecule has 0 amide bonds. The predicted octanol–water partition coefficient (Wildman–Crippen LogP) is 4.18. The number of ether oxygens (including phenoxy) is 4. The fraction of sp³-hybridized carbons (Fsp3) is 0.318. The van der Waals surface area contributed by atoms with E-state index in [1.54, 1.807) is 12.1 Å². The Hall–Kier alpha value is -3.20. The van der Waals surface area contributed by atoms with Gasteiger partial charge in [0.1, 0.15) is 5.82 Å². The third kappa shape index (κ3) is 5.49. The maximum Gasteiger partial charge on any atom is 0.387 e. The van der Waals surface area contributed by atoms with Gasteiger partial charge in [0.2, 0.25) is 5.75 Å². The molecule has 1 fully saturated rings. The van der Waals surface area contributed by atoms with Crippen LogP contribution in [0.5, 0.6) is 17.2 Å². The number of rotatable bonds is 8. The first-order valence-corrected chi connectivity index (χ1v) is 9.48. The molecule has 2 aromatic rings. The Kier molecular flexibility index (Phi) is 7.41. The molecule has 0 spiro atoms. The zero-order valence-corrected chi connectivity index (χ0v) is 17.1. The fourth-order valence-electron chi connectivity index (χ4n) is 3.19. The maximum atomic E-state index is 14.5. The van der Waals surface area contributed by atoms with Crippen molar-refractivity contribution >= 4 is 17.5 Å². The molecule has 31 heavy (non-hydrogen) atoms. The summed E-state index contributed by atoms with van der Waals surface area (Å²) >= 11 is 0. The van der Waals surface area contributed by atoms with Crippen LogP contribution in [0.4, 0.5) is 18.9 Å². The maximum absolute atomic E-state index is 14.5. The molecule has 0 N–H and O–H groups in total. The molecule has 3 rings (SSSR count). The number of hydrogen-bond donors (Lipinski definition) is 0. The standard InChI is InChI=1S/C22H22F3NO5/c1-28-19-11-14(12-20(29-2)21(19)31-22(24)25)3-6-18(27)15-4-5-17(16(23)13-15)26-7-9-30-10-8-26/h3-6,11-13,22H,7-10H2,1-2H3/b6-3+. The van der Waals surface area contributed by atoms with Crippen LogP contribution in [0.25, 0.3) is 6.08 Å². The molecule has 2 aromatic carbocycles. The molecule has 6 nitrogen and oxygen atoms in total. The van der Waals surface area contributed by atoms with Crippen LogP contribution < -0.4 is 19.1 Å². The molecule has 0 radical (unpaired) electrons. The number of halogens is 3. The summed E-state index contributed by atoms with van der Waals surface area (Å²) in [5.74, 6) is -1.11. The van der Waals surface area contributed by atoms with E-state index in [4.69, 9.17) is 14.2 Å². The van der Waals surface area contributed by atoms with Crippen molar-refractivity contribution in [2.75, 3.05) is 45.4 Å². The van der Waals surface area contributed by atoms with E-state index in [1.807, 2.05) is 4.90 Å². The van der Waals surface area contributed by atoms with Crippen molar-refractivity contribution < 1.29 is 36.9 Å². The van der Waals surface area contributed by atoms with Gasteiger partial charge in [-0.1, -0.05) is 6.08 Å². The number of carbonyl (C=O) groups is 1. The zero-order valence-electron chi connectivity index (χ0n) is 17.1. The van der Waals surface area contributed by atoms with Crippen molar-refractivity contribution in [2.24, 2.45) is 0 Å². The van der Waals surface area contributed by atoms with Gasteiger partial charge in [0.05, 0.1) is 33.1 Å². The first kappa shape index (κ1) is 22.5. The van der Waals surface area contributed by atoms with Crippen LogP contribution in [0.1, 0.15) is 15.9 Å². The highest BCUT2D eigenvalue weighted by Crippen LogP contribution is 2.39. The van der Waals surface area contributed by atoms with E-state index in [2.05, 4.69) is 4.74 Å². The Morgan fingerprint density at radius 3 is 2.29 bits per heavy atom. The second-order valence-corrected chi connectivity index (χ2v) is 6.60. The van der Waals surface area contributed by atoms with Gasteiger partial charge in [0, 0.05) is 18.7 Å². The Labute approximate surface area is 177 Å². The van der Waals surface area contributed by atoms with Crippen molar-refractivity contribution in [2.45, 2.75) is 6.61 Å². The third-order valence-electron chi connectivity index (χ3n) is 4.70. The number of morpholine rings is 1. The van der Waals surface area contributed by atoms with Crippen LogP contribution in [0.15, 0.2) is 36.4 Å². The first-order valence-electron chi connectivity index (χ1n) is 9.48. The van der Waals surface area contributed by atoms with Crippen molar-refractivity contribution in [1.29, 1.82) is 0 Å². The summed E-state index contributed by atoms with van der Waals surface area (Å²) < 4.78 is 59.7. The number of alkyl halides is 2. The molecular formula is C22H22F3NO5. The topological polar surface area (TPSA) is 57.2 Å². The molecular weight excluding hydrogens is 415 g/mol. The fourth-order valence-corrected chi connectivity index (χ4v) is 3.19. The van der Waals surface area contributed by atoms with Gasteiger partial charge in [-0.25, -0.2) is 4.39 Å². The van der Waals surface area contributed by atoms with Crippen LogP contribution in [-0.4, -0.2) is 52.9 Å². The van der Waals surface area contributed by atoms with Crippen molar-refractivity contribution in [3.8, 4) is 17.2 Å². The smallest absolute Gasteiger partial charge is 0.387 e. The highest BCUT2D eigenvalue weighted by molar-refractivity contribution is 6.07. The summed E-state index contributed by atoms with van der Waals surface area (Å²) in [6.45, 7) is -0.840. The van der Waals surface area contributed by atoms with Gasteiger partial charge in [-0.05, 0) is 42.0 Å². The van der Waals surface area contributed by atoms with E-state index in [0.717, 1.165) is 0 Å². The van der Waals surface area contributed by atoms with Crippen LogP contribution in [-0.2, 0) is 4.74 Å². The normalized spacial score (nSPS) is 14.2. The minimum Gasteiger partial charge on any atom is -0.493 e. The Morgan fingerprint density at radius 2 is 1.74 bits per heavy atom. The molecule has 0 bridgehead atoms. The van der Waals surface area contributed by atoms with E-state index in [9.17, 15) is 18.0 Å². The van der Waals surface area contributed by atoms with E-state index < -0.39 is 18.2 Å². The minimum absolute atomic E-state index is 0.0210. The SMILES string of the molecule is COc1cc(/C=C/C(=O)c2ccc(N3CCOCC3)c(F)c2)cc(OC)c1OC(F)F. The quantitative estimate of drug-likeness (QED) is 0.456. The van der Waals surface area contributed by atoms with Crippen LogP contribution in [0.2, 0.25) is 0 Å². The van der Waals surface area contributed by atoms with Gasteiger partial charge in [-0.15, -0.1) is 0 Å². The zero-order chi connectivity index (χ0) is 22.4. The first-order chi connectivity index (χ1) is 14.9. The average Bonchev–Trinajstić information content (AvgIpc) is 2.78. The Bertz CT molecular complexity index is 933. The number of benzene rings is 2. The third-order valence-corrected chi connectivity index (χ3v) is 4.70. The Morgan fingerprint density at radius 1 is 1.10 bits per heavy atom. The van der Waals surface area contributed by atoms with Crippen molar-refractivity contribution in [3.05, 3.63) is 53.4 Å². The van der Waals surface area contributed by atoms with Crippen LogP contribution >= 0.6 is 0 Å². The van der Waals surface area contributed by atoms with E-state index in [-0.39, 0.29) is 22.8 Å². The van der Waals surface area contributed by atoms with Gasteiger partial charge < -0.3 is 23.8 Å². The van der Waals surface area contributed by atoms with Gasteiger partial charge in [0.15, 0.2) is 17.3 Å².